The van der Waals surface area contributed by atoms with E-state index in [-0.39, 0.29) is 4.28 Å². The zero-order valence-corrected chi connectivity index (χ0v) is 14.5. The third-order valence-corrected chi connectivity index (χ3v) is 6.17. The first-order valence-electron chi connectivity index (χ1n) is 7.60. The molecule has 3 aromatic rings. The van der Waals surface area contributed by atoms with E-state index in [9.17, 15) is 0 Å². The Morgan fingerprint density at radius 3 is 2.18 bits per heavy atom. The van der Waals surface area contributed by atoms with Crippen molar-refractivity contribution in [3.63, 3.8) is 0 Å². The number of fused-ring (bicyclic) bond motifs is 8. The number of rotatable bonds is 0. The van der Waals surface area contributed by atoms with Crippen LogP contribution >= 0.6 is 0 Å². The first-order chi connectivity index (χ1) is 10.9. The summed E-state index contributed by atoms with van der Waals surface area (Å²) in [5.41, 5.74) is 4.50. The van der Waals surface area contributed by atoms with Gasteiger partial charge in [0.15, 0.2) is 0 Å². The van der Waals surface area contributed by atoms with E-state index in [1.165, 1.54) is 66.2 Å². The van der Waals surface area contributed by atoms with Gasteiger partial charge in [-0.25, -0.2) is 0 Å². The van der Waals surface area contributed by atoms with Gasteiger partial charge < -0.3 is 4.28 Å². The molecule has 2 aliphatic rings. The van der Waals surface area contributed by atoms with E-state index in [4.69, 9.17) is 0 Å². The molecule has 1 atom stereocenters. The number of allylic oxidation sites excluding steroid dienone is 5. The first-order valence-corrected chi connectivity index (χ1v) is 8.83. The van der Waals surface area contributed by atoms with E-state index >= 15 is 0 Å². The van der Waals surface area contributed by atoms with Gasteiger partial charge in [0.05, 0.1) is 0 Å². The molecule has 1 heteroatoms. The quantitative estimate of drug-likeness (QED) is 0.444. The second-order valence-electron chi connectivity index (χ2n) is 5.93. The van der Waals surface area contributed by atoms with Gasteiger partial charge in [-0.2, -0.15) is 0 Å². The molecule has 0 aromatic heterocycles. The van der Waals surface area contributed by atoms with Gasteiger partial charge in [0.25, 0.3) is 0 Å². The fourth-order valence-corrected chi connectivity index (χ4v) is 5.19. The van der Waals surface area contributed by atoms with Crippen LogP contribution in [-0.4, -0.2) is 0 Å². The van der Waals surface area contributed by atoms with Gasteiger partial charge in [0.1, 0.15) is 0 Å². The molecule has 3 aromatic carbocycles. The van der Waals surface area contributed by atoms with Crippen LogP contribution in [-0.2, 0) is 24.7 Å². The minimum absolute atomic E-state index is 0. The van der Waals surface area contributed by atoms with Crippen molar-refractivity contribution in [2.24, 2.45) is 0 Å². The molecule has 1 unspecified atom stereocenters. The van der Waals surface area contributed by atoms with Crippen molar-refractivity contribution in [2.45, 2.75) is 5.92 Å². The van der Waals surface area contributed by atoms with Crippen LogP contribution in [0, 0.1) is 0 Å². The van der Waals surface area contributed by atoms with E-state index in [0.29, 0.717) is 5.92 Å². The Bertz CT molecular complexity index is 1050. The van der Waals surface area contributed by atoms with Gasteiger partial charge in [-0.3, -0.25) is 0 Å². The van der Waals surface area contributed by atoms with Crippen molar-refractivity contribution in [1.82, 2.24) is 0 Å². The predicted octanol–water partition coefficient (Wildman–Crippen LogP) is 5.81. The first kappa shape index (κ1) is 12.8. The van der Waals surface area contributed by atoms with Crippen LogP contribution in [0.4, 0.5) is 0 Å². The molecule has 2 aliphatic carbocycles. The van der Waals surface area contributed by atoms with Crippen LogP contribution in [0.5, 0.6) is 0 Å². The molecule has 5 rings (SSSR count). The van der Waals surface area contributed by atoms with Gasteiger partial charge in [0.2, 0.25) is 0 Å². The molecule has 0 bridgehead atoms. The maximum atomic E-state index is 2.35. The van der Waals surface area contributed by atoms with Gasteiger partial charge in [-0.05, 0) is 0 Å². The summed E-state index contributed by atoms with van der Waals surface area (Å²) < 4.78 is 1.52. The Morgan fingerprint density at radius 1 is 0.773 bits per heavy atom. The zero-order valence-electron chi connectivity index (χ0n) is 15.0. The second-order valence-corrected chi connectivity index (χ2v) is 7.16. The molecule has 0 aliphatic heterocycles. The van der Waals surface area contributed by atoms with Crippen molar-refractivity contribution in [3.05, 3.63) is 89.5 Å². The second kappa shape index (κ2) is 4.64. The van der Waals surface area contributed by atoms with Gasteiger partial charge in [-0.15, -0.1) is 0 Å². The topological polar surface area (TPSA) is 0 Å². The van der Waals surface area contributed by atoms with Gasteiger partial charge in [-0.1, -0.05) is 0 Å². The van der Waals surface area contributed by atoms with E-state index in [0.717, 1.165) is 0 Å². The fourth-order valence-electron chi connectivity index (χ4n) is 3.94. The van der Waals surface area contributed by atoms with Gasteiger partial charge >= 0.3 is 145 Å². The molecule has 104 valence electrons. The maximum absolute atomic E-state index is 2.35. The normalized spacial score (nSPS) is 19.1. The molecule has 0 heterocycles. The number of benzene rings is 3. The summed E-state index contributed by atoms with van der Waals surface area (Å²) in [7, 11) is 0. The van der Waals surface area contributed by atoms with Crippen LogP contribution in [0.15, 0.2) is 78.4 Å². The Labute approximate surface area is 149 Å². The number of hydrogen-bond acceptors (Lipinski definition) is 0. The van der Waals surface area contributed by atoms with Crippen molar-refractivity contribution in [2.75, 3.05) is 0 Å². The van der Waals surface area contributed by atoms with Crippen LogP contribution in [0.1, 0.15) is 21.3 Å². The summed E-state index contributed by atoms with van der Waals surface area (Å²) in [5.74, 6) is 0.434. The van der Waals surface area contributed by atoms with E-state index in [2.05, 4.69) is 72.8 Å². The summed E-state index contributed by atoms with van der Waals surface area (Å²) in [5, 5.41) is 5.58. The molecule has 22 heavy (non-hydrogen) atoms. The monoisotopic (exact) mass is 358 g/mol. The SMILES string of the molecule is [H-].[H-].[H-].[Zr+3][C]1=C2C=CC=CC2c2c1c1ccccc1c1ccccc21. The average molecular weight is 360 g/mol. The summed E-state index contributed by atoms with van der Waals surface area (Å²) in [6.07, 6.45) is 9.02. The molecule has 0 N–H and O–H groups in total. The molecule has 0 radical (unpaired) electrons. The third kappa shape index (κ3) is 1.55. The van der Waals surface area contributed by atoms with Crippen LogP contribution in [0.3, 0.4) is 0 Å². The standard InChI is InChI=1S/C21H13.Zr.3H/c1-2-8-15-14(7-1)13-20-18-11-4-3-9-16(18)17-10-5-6-12-19(17)21(15)20;;;;/h1-12,15H;;;;/q;+3;3*-1. The Balaban J connectivity index is 0.000000751. The summed E-state index contributed by atoms with van der Waals surface area (Å²) >= 11 is 1.51. The molecule has 0 saturated heterocycles. The number of hydrogen-bond donors (Lipinski definition) is 0. The molecule has 0 nitrogen and oxygen atoms in total. The van der Waals surface area contributed by atoms with Crippen LogP contribution < -0.4 is 0 Å². The van der Waals surface area contributed by atoms with Crippen molar-refractivity contribution < 1.29 is 29.0 Å². The molecule has 0 spiro atoms. The zero-order chi connectivity index (χ0) is 14.7. The van der Waals surface area contributed by atoms with Crippen molar-refractivity contribution in [1.29, 1.82) is 0 Å². The van der Waals surface area contributed by atoms with Crippen LogP contribution in [0.2, 0.25) is 0 Å². The summed E-state index contributed by atoms with van der Waals surface area (Å²) in [4.78, 5) is 0. The fraction of sp³-hybridized carbons (Fsp3) is 0.0476. The minimum atomic E-state index is 0. The van der Waals surface area contributed by atoms with Crippen LogP contribution in [0.25, 0.3) is 24.8 Å². The Kier molecular flexibility index (Phi) is 2.70. The third-order valence-electron chi connectivity index (χ3n) is 4.85. The molecule has 0 saturated carbocycles. The Hall–Kier alpha value is -1.72. The van der Waals surface area contributed by atoms with E-state index < -0.39 is 0 Å². The predicted molar refractivity (Wildman–Crippen MR) is 92.7 cm³/mol. The Morgan fingerprint density at radius 2 is 1.41 bits per heavy atom. The van der Waals surface area contributed by atoms with Crippen molar-refractivity contribution >= 4 is 24.8 Å². The molecule has 0 amide bonds. The summed E-state index contributed by atoms with van der Waals surface area (Å²) in [6.45, 7) is 0. The molecular formula is C21H16Zr. The molecular weight excluding hydrogens is 343 g/mol. The van der Waals surface area contributed by atoms with Crippen molar-refractivity contribution in [3.8, 4) is 0 Å². The molecule has 0 fully saturated rings. The average Bonchev–Trinajstić information content (AvgIpc) is 2.89. The summed E-state index contributed by atoms with van der Waals surface area (Å²) in [6, 6.07) is 17.7. The van der Waals surface area contributed by atoms with Gasteiger partial charge in [0, 0.05) is 0 Å². The van der Waals surface area contributed by atoms with E-state index in [1.54, 1.807) is 0 Å². The van der Waals surface area contributed by atoms with E-state index in [1.807, 2.05) is 0 Å².